The molecule has 0 saturated heterocycles. The van der Waals surface area contributed by atoms with E-state index in [9.17, 15) is 0 Å². The van der Waals surface area contributed by atoms with Gasteiger partial charge in [-0.15, -0.1) is 0 Å². The maximum atomic E-state index is 2.41. The molecule has 23 heavy (non-hydrogen) atoms. The fourth-order valence-corrected chi connectivity index (χ4v) is 2.58. The molecule has 0 aromatic heterocycles. The lowest BCUT2D eigenvalue weighted by atomic mass is 10.0. The molecule has 1 aromatic carbocycles. The van der Waals surface area contributed by atoms with Crippen LogP contribution in [-0.4, -0.2) is 0 Å². The van der Waals surface area contributed by atoms with Gasteiger partial charge in [0.2, 0.25) is 0 Å². The normalized spacial score (nSPS) is 12.4. The van der Waals surface area contributed by atoms with Crippen molar-refractivity contribution in [1.82, 2.24) is 0 Å². The summed E-state index contributed by atoms with van der Waals surface area (Å²) in [5.41, 5.74) is 7.24. The van der Waals surface area contributed by atoms with Crippen molar-refractivity contribution in [1.29, 1.82) is 0 Å². The molecule has 0 atom stereocenters. The second kappa shape index (κ2) is 11.0. The highest BCUT2D eigenvalue weighted by Gasteiger charge is 1.94. The van der Waals surface area contributed by atoms with E-state index in [4.69, 9.17) is 0 Å². The van der Waals surface area contributed by atoms with E-state index in [2.05, 4.69) is 77.1 Å². The molecule has 0 spiro atoms. The lowest BCUT2D eigenvalue weighted by molar-refractivity contribution is 0.903. The molecule has 0 aliphatic rings. The molecule has 0 saturated carbocycles. The van der Waals surface area contributed by atoms with E-state index >= 15 is 0 Å². The molecule has 0 nitrogen and oxygen atoms in total. The van der Waals surface area contributed by atoms with Crippen molar-refractivity contribution in [3.8, 4) is 0 Å². The molecule has 0 heteroatoms. The van der Waals surface area contributed by atoms with E-state index in [1.165, 1.54) is 53.5 Å². The van der Waals surface area contributed by atoms with E-state index in [1.807, 2.05) is 0 Å². The fourth-order valence-electron chi connectivity index (χ4n) is 2.58. The number of rotatable bonds is 9. The fraction of sp³-hybridized carbons (Fsp3) is 0.478. The van der Waals surface area contributed by atoms with Crippen LogP contribution in [0.25, 0.3) is 0 Å². The lowest BCUT2D eigenvalue weighted by Crippen LogP contribution is -1.85. The number of hydrogen-bond donors (Lipinski definition) is 0. The molecule has 0 aliphatic heterocycles. The molecule has 126 valence electrons. The van der Waals surface area contributed by atoms with Crippen molar-refractivity contribution in [2.24, 2.45) is 0 Å². The molecule has 1 aromatic rings. The zero-order chi connectivity index (χ0) is 17.1. The van der Waals surface area contributed by atoms with Gasteiger partial charge >= 0.3 is 0 Å². The molecule has 0 radical (unpaired) electrons. The van der Waals surface area contributed by atoms with Gasteiger partial charge in [0.1, 0.15) is 0 Å². The first-order valence-electron chi connectivity index (χ1n) is 8.97. The van der Waals surface area contributed by atoms with Gasteiger partial charge in [-0.2, -0.15) is 0 Å². The first-order chi connectivity index (χ1) is 11.0. The third-order valence-corrected chi connectivity index (χ3v) is 4.17. The molecule has 0 aliphatic carbocycles. The van der Waals surface area contributed by atoms with Crippen LogP contribution in [0.3, 0.4) is 0 Å². The highest BCUT2D eigenvalue weighted by molar-refractivity contribution is 5.21. The van der Waals surface area contributed by atoms with Gasteiger partial charge in [0.05, 0.1) is 0 Å². The Balaban J connectivity index is 2.25. The standard InChI is InChI=1S/C23H34/c1-19(2)9-6-10-20(3)11-7-12-21(4)13-8-14-23-17-15-22(5)16-18-23/h9,11,13,15-18H,6-8,10,12,14H2,1-5H3/b20-11+,21-13+. The predicted molar refractivity (Wildman–Crippen MR) is 105 cm³/mol. The third kappa shape index (κ3) is 9.94. The van der Waals surface area contributed by atoms with Gasteiger partial charge in [0.25, 0.3) is 0 Å². The van der Waals surface area contributed by atoms with Gasteiger partial charge in [0.15, 0.2) is 0 Å². The van der Waals surface area contributed by atoms with Crippen LogP contribution in [0.4, 0.5) is 0 Å². The monoisotopic (exact) mass is 310 g/mol. The van der Waals surface area contributed by atoms with Gasteiger partial charge in [-0.3, -0.25) is 0 Å². The van der Waals surface area contributed by atoms with Crippen LogP contribution in [0.5, 0.6) is 0 Å². The zero-order valence-electron chi connectivity index (χ0n) is 15.8. The maximum Gasteiger partial charge on any atom is -0.0244 e. The molecular weight excluding hydrogens is 276 g/mol. The van der Waals surface area contributed by atoms with Crippen molar-refractivity contribution in [2.45, 2.75) is 73.1 Å². The summed E-state index contributed by atoms with van der Waals surface area (Å²) >= 11 is 0. The van der Waals surface area contributed by atoms with Crippen LogP contribution in [0, 0.1) is 6.92 Å². The number of aryl methyl sites for hydroxylation is 2. The van der Waals surface area contributed by atoms with Crippen molar-refractivity contribution in [2.75, 3.05) is 0 Å². The molecular formula is C23H34. The summed E-state index contributed by atoms with van der Waals surface area (Å²) in [5.74, 6) is 0. The smallest absolute Gasteiger partial charge is 0.0244 e. The average Bonchev–Trinajstić information content (AvgIpc) is 2.49. The van der Waals surface area contributed by atoms with Crippen molar-refractivity contribution in [3.63, 3.8) is 0 Å². The predicted octanol–water partition coefficient (Wildman–Crippen LogP) is 7.35. The molecule has 0 fully saturated rings. The van der Waals surface area contributed by atoms with Crippen molar-refractivity contribution < 1.29 is 0 Å². The Labute approximate surface area is 144 Å². The van der Waals surface area contributed by atoms with Crippen molar-refractivity contribution in [3.05, 3.63) is 70.3 Å². The minimum atomic E-state index is 1.15. The van der Waals surface area contributed by atoms with E-state index in [1.54, 1.807) is 0 Å². The summed E-state index contributed by atoms with van der Waals surface area (Å²) in [6.07, 6.45) is 14.2. The lowest BCUT2D eigenvalue weighted by Gasteiger charge is -2.03. The molecule has 0 unspecified atom stereocenters. The summed E-state index contributed by atoms with van der Waals surface area (Å²) in [4.78, 5) is 0. The van der Waals surface area contributed by atoms with E-state index in [0.29, 0.717) is 0 Å². The van der Waals surface area contributed by atoms with Gasteiger partial charge < -0.3 is 0 Å². The molecule has 0 heterocycles. The van der Waals surface area contributed by atoms with E-state index in [0.717, 1.165) is 12.8 Å². The Bertz CT molecular complexity index is 534. The first kappa shape index (κ1) is 19.5. The van der Waals surface area contributed by atoms with Gasteiger partial charge in [0, 0.05) is 0 Å². The SMILES string of the molecule is CC(C)=CCC/C(C)=C/CC/C(C)=C/CCc1ccc(C)cc1. The Morgan fingerprint density at radius 2 is 1.26 bits per heavy atom. The molecule has 0 N–H and O–H groups in total. The minimum Gasteiger partial charge on any atom is -0.0856 e. The van der Waals surface area contributed by atoms with Crippen LogP contribution in [-0.2, 0) is 6.42 Å². The molecule has 0 bridgehead atoms. The molecule has 0 amide bonds. The summed E-state index contributed by atoms with van der Waals surface area (Å²) in [6, 6.07) is 8.90. The van der Waals surface area contributed by atoms with Gasteiger partial charge in [-0.1, -0.05) is 64.8 Å². The van der Waals surface area contributed by atoms with Crippen LogP contribution in [0.2, 0.25) is 0 Å². The molecule has 1 rings (SSSR count). The average molecular weight is 311 g/mol. The van der Waals surface area contributed by atoms with Crippen LogP contribution in [0.1, 0.15) is 70.9 Å². The third-order valence-electron chi connectivity index (χ3n) is 4.17. The van der Waals surface area contributed by atoms with Crippen molar-refractivity contribution >= 4 is 0 Å². The Morgan fingerprint density at radius 1 is 0.739 bits per heavy atom. The van der Waals surface area contributed by atoms with Gasteiger partial charge in [-0.05, 0) is 78.7 Å². The van der Waals surface area contributed by atoms with Crippen LogP contribution >= 0.6 is 0 Å². The summed E-state index contributed by atoms with van der Waals surface area (Å²) in [5, 5.41) is 0. The Hall–Kier alpha value is -1.56. The minimum absolute atomic E-state index is 1.15. The highest BCUT2D eigenvalue weighted by Crippen LogP contribution is 2.13. The van der Waals surface area contributed by atoms with Crippen LogP contribution < -0.4 is 0 Å². The largest absolute Gasteiger partial charge is 0.0856 e. The summed E-state index contributed by atoms with van der Waals surface area (Å²) in [6.45, 7) is 11.0. The Morgan fingerprint density at radius 3 is 1.83 bits per heavy atom. The Kier molecular flexibility index (Phi) is 9.36. The first-order valence-corrected chi connectivity index (χ1v) is 8.97. The van der Waals surface area contributed by atoms with Gasteiger partial charge in [-0.25, -0.2) is 0 Å². The van der Waals surface area contributed by atoms with Crippen LogP contribution in [0.15, 0.2) is 59.2 Å². The van der Waals surface area contributed by atoms with E-state index < -0.39 is 0 Å². The zero-order valence-corrected chi connectivity index (χ0v) is 15.8. The number of benzene rings is 1. The number of allylic oxidation sites excluding steroid dienone is 6. The summed E-state index contributed by atoms with van der Waals surface area (Å²) in [7, 11) is 0. The highest BCUT2D eigenvalue weighted by atomic mass is 14.0. The maximum absolute atomic E-state index is 2.41. The summed E-state index contributed by atoms with van der Waals surface area (Å²) < 4.78 is 0. The quantitative estimate of drug-likeness (QED) is 0.418. The number of hydrogen-bond acceptors (Lipinski definition) is 0. The topological polar surface area (TPSA) is 0 Å². The second-order valence-corrected chi connectivity index (χ2v) is 6.98. The van der Waals surface area contributed by atoms with E-state index in [-0.39, 0.29) is 0 Å². The second-order valence-electron chi connectivity index (χ2n) is 6.98.